The summed E-state index contributed by atoms with van der Waals surface area (Å²) in [6.45, 7) is 1.77. The smallest absolute Gasteiger partial charge is 0.387 e. The van der Waals surface area contributed by atoms with E-state index < -0.39 is 6.61 Å². The summed E-state index contributed by atoms with van der Waals surface area (Å²) in [4.78, 5) is 0. The molecule has 8 heteroatoms. The minimum absolute atomic E-state index is 0.0899. The average Bonchev–Trinajstić information content (AvgIpc) is 3.00. The number of benzene rings is 1. The second-order valence-corrected chi connectivity index (χ2v) is 7.94. The van der Waals surface area contributed by atoms with E-state index in [1.54, 1.807) is 16.8 Å². The van der Waals surface area contributed by atoms with Crippen LogP contribution in [0.25, 0.3) is 11.4 Å². The molecule has 5 rings (SSSR count). The van der Waals surface area contributed by atoms with Gasteiger partial charge < -0.3 is 4.74 Å². The van der Waals surface area contributed by atoms with E-state index in [1.807, 2.05) is 6.21 Å². The van der Waals surface area contributed by atoms with Crippen molar-refractivity contribution in [3.63, 3.8) is 0 Å². The lowest BCUT2D eigenvalue weighted by molar-refractivity contribution is -0.0498. The molecule has 2 unspecified atom stereocenters. The van der Waals surface area contributed by atoms with Gasteiger partial charge in [-0.3, -0.25) is 0 Å². The standard InChI is InChI=1S/C19H20F2N4OS/c1-19(2)13-6-3-12(15(19)9-13)10-22-25-16(23-24-18(25)27)11-4-7-14(8-5-11)26-17(20)21/h3-5,7-8,10,13,15,17H,6,9H2,1-2H3,(H,24,27). The number of hydrogen-bond donors (Lipinski definition) is 1. The molecule has 0 saturated heterocycles. The molecule has 0 amide bonds. The quantitative estimate of drug-likeness (QED) is 0.575. The van der Waals surface area contributed by atoms with E-state index in [1.165, 1.54) is 24.1 Å². The number of H-pyrrole nitrogens is 1. The Kier molecular flexibility index (Phi) is 4.46. The van der Waals surface area contributed by atoms with E-state index in [9.17, 15) is 8.78 Å². The van der Waals surface area contributed by atoms with Crippen LogP contribution in [-0.2, 0) is 0 Å². The first-order chi connectivity index (χ1) is 12.9. The average molecular weight is 390 g/mol. The van der Waals surface area contributed by atoms with Crippen molar-refractivity contribution in [3.05, 3.63) is 40.7 Å². The van der Waals surface area contributed by atoms with Crippen LogP contribution < -0.4 is 4.74 Å². The molecule has 2 bridgehead atoms. The van der Waals surface area contributed by atoms with Gasteiger partial charge in [-0.1, -0.05) is 19.9 Å². The molecule has 0 aliphatic heterocycles. The number of aromatic nitrogens is 3. The lowest BCUT2D eigenvalue weighted by Gasteiger charge is -2.55. The first-order valence-electron chi connectivity index (χ1n) is 8.83. The monoisotopic (exact) mass is 390 g/mol. The largest absolute Gasteiger partial charge is 0.435 e. The second kappa shape index (κ2) is 6.67. The van der Waals surface area contributed by atoms with Crippen molar-refractivity contribution in [1.82, 2.24) is 14.9 Å². The summed E-state index contributed by atoms with van der Waals surface area (Å²) in [7, 11) is 0. The van der Waals surface area contributed by atoms with Crippen molar-refractivity contribution >= 4 is 18.4 Å². The Bertz CT molecular complexity index is 959. The first kappa shape index (κ1) is 18.0. The van der Waals surface area contributed by atoms with Gasteiger partial charge in [0.15, 0.2) is 5.82 Å². The molecule has 3 aliphatic carbocycles. The van der Waals surface area contributed by atoms with Crippen molar-refractivity contribution < 1.29 is 13.5 Å². The van der Waals surface area contributed by atoms with Gasteiger partial charge in [-0.2, -0.15) is 23.7 Å². The van der Waals surface area contributed by atoms with Crippen LogP contribution in [0.5, 0.6) is 5.75 Å². The number of allylic oxidation sites excluding steroid dienone is 2. The van der Waals surface area contributed by atoms with Gasteiger partial charge >= 0.3 is 6.61 Å². The van der Waals surface area contributed by atoms with Gasteiger partial charge in [0.25, 0.3) is 0 Å². The number of fused-ring (bicyclic) bond motifs is 1. The molecule has 1 saturated carbocycles. The minimum atomic E-state index is -2.85. The maximum Gasteiger partial charge on any atom is 0.387 e. The molecule has 3 aliphatic rings. The number of aromatic amines is 1. The molecular weight excluding hydrogens is 370 g/mol. The third-order valence-electron chi connectivity index (χ3n) is 5.82. The predicted octanol–water partition coefficient (Wildman–Crippen LogP) is 5.04. The fourth-order valence-corrected chi connectivity index (χ4v) is 4.22. The zero-order chi connectivity index (χ0) is 19.2. The number of ether oxygens (including phenoxy) is 1. The fraction of sp³-hybridized carbons (Fsp3) is 0.421. The van der Waals surface area contributed by atoms with Gasteiger partial charge in [-0.25, -0.2) is 5.10 Å². The van der Waals surface area contributed by atoms with E-state index in [4.69, 9.17) is 12.2 Å². The van der Waals surface area contributed by atoms with Crippen molar-refractivity contribution in [1.29, 1.82) is 0 Å². The van der Waals surface area contributed by atoms with E-state index in [-0.39, 0.29) is 5.75 Å². The molecule has 1 heterocycles. The molecule has 1 N–H and O–H groups in total. The van der Waals surface area contributed by atoms with Crippen LogP contribution in [-0.4, -0.2) is 27.7 Å². The highest BCUT2D eigenvalue weighted by atomic mass is 32.1. The summed E-state index contributed by atoms with van der Waals surface area (Å²) in [5, 5.41) is 11.5. The van der Waals surface area contributed by atoms with E-state index in [2.05, 4.69) is 40.0 Å². The Morgan fingerprint density at radius 1 is 1.37 bits per heavy atom. The fourth-order valence-electron chi connectivity index (χ4n) is 4.04. The normalized spacial score (nSPS) is 23.4. The van der Waals surface area contributed by atoms with Crippen LogP contribution in [0.2, 0.25) is 0 Å². The molecule has 2 aromatic rings. The highest BCUT2D eigenvalue weighted by Gasteiger charge is 2.50. The van der Waals surface area contributed by atoms with Gasteiger partial charge in [-0.05, 0) is 72.1 Å². The van der Waals surface area contributed by atoms with Crippen molar-refractivity contribution in [2.24, 2.45) is 22.4 Å². The van der Waals surface area contributed by atoms with Crippen molar-refractivity contribution in [3.8, 4) is 17.1 Å². The summed E-state index contributed by atoms with van der Waals surface area (Å²) in [6, 6.07) is 6.23. The Morgan fingerprint density at radius 3 is 2.74 bits per heavy atom. The molecule has 2 atom stereocenters. The Morgan fingerprint density at radius 2 is 2.11 bits per heavy atom. The molecule has 1 fully saturated rings. The van der Waals surface area contributed by atoms with E-state index in [0.29, 0.717) is 27.5 Å². The highest BCUT2D eigenvalue weighted by Crippen LogP contribution is 2.58. The molecule has 5 nitrogen and oxygen atoms in total. The second-order valence-electron chi connectivity index (χ2n) is 7.56. The molecule has 1 aromatic carbocycles. The number of rotatable bonds is 5. The Labute approximate surface area is 160 Å². The summed E-state index contributed by atoms with van der Waals surface area (Å²) in [5.41, 5.74) is 2.25. The zero-order valence-electron chi connectivity index (χ0n) is 15.0. The number of hydrogen-bond acceptors (Lipinski definition) is 4. The van der Waals surface area contributed by atoms with Crippen LogP contribution in [0.3, 0.4) is 0 Å². The zero-order valence-corrected chi connectivity index (χ0v) is 15.8. The molecule has 0 spiro atoms. The number of nitrogens with one attached hydrogen (secondary N) is 1. The Hall–Kier alpha value is -2.35. The SMILES string of the molecule is CC1(C)C2CC=C(C=Nn3c(-c4ccc(OC(F)F)cc4)n[nH]c3=S)C1C2. The lowest BCUT2D eigenvalue weighted by Crippen LogP contribution is -2.48. The number of nitrogens with zero attached hydrogens (tertiary/aromatic N) is 3. The van der Waals surface area contributed by atoms with Crippen molar-refractivity contribution in [2.45, 2.75) is 33.3 Å². The van der Waals surface area contributed by atoms with Crippen LogP contribution in [0, 0.1) is 22.0 Å². The molecule has 0 radical (unpaired) electrons. The van der Waals surface area contributed by atoms with Crippen LogP contribution in [0.15, 0.2) is 41.0 Å². The van der Waals surface area contributed by atoms with E-state index in [0.717, 1.165) is 12.3 Å². The van der Waals surface area contributed by atoms with Gasteiger partial charge in [0.1, 0.15) is 5.75 Å². The van der Waals surface area contributed by atoms with E-state index >= 15 is 0 Å². The topological polar surface area (TPSA) is 55.2 Å². The third kappa shape index (κ3) is 3.22. The maximum absolute atomic E-state index is 12.3. The predicted molar refractivity (Wildman–Crippen MR) is 101 cm³/mol. The maximum atomic E-state index is 12.3. The van der Waals surface area contributed by atoms with Crippen molar-refractivity contribution in [2.75, 3.05) is 0 Å². The molecule has 1 aromatic heterocycles. The van der Waals surface area contributed by atoms with Crippen LogP contribution in [0.4, 0.5) is 8.78 Å². The van der Waals surface area contributed by atoms with Gasteiger partial charge in [0, 0.05) is 5.56 Å². The van der Waals surface area contributed by atoms with Gasteiger partial charge in [-0.15, -0.1) is 0 Å². The molecule has 27 heavy (non-hydrogen) atoms. The summed E-state index contributed by atoms with van der Waals surface area (Å²) < 4.78 is 30.9. The summed E-state index contributed by atoms with van der Waals surface area (Å²) in [5.74, 6) is 1.89. The highest BCUT2D eigenvalue weighted by molar-refractivity contribution is 7.71. The molecule has 142 valence electrons. The van der Waals surface area contributed by atoms with Crippen LogP contribution in [0.1, 0.15) is 26.7 Å². The first-order valence-corrected chi connectivity index (χ1v) is 9.24. The summed E-state index contributed by atoms with van der Waals surface area (Å²) >= 11 is 5.29. The minimum Gasteiger partial charge on any atom is -0.435 e. The summed E-state index contributed by atoms with van der Waals surface area (Å²) in [6.07, 6.45) is 6.42. The van der Waals surface area contributed by atoms with Gasteiger partial charge in [0.05, 0.1) is 6.21 Å². The lowest BCUT2D eigenvalue weighted by atomic mass is 9.49. The van der Waals surface area contributed by atoms with Crippen LogP contribution >= 0.6 is 12.2 Å². The molecular formula is C19H20F2N4OS. The van der Waals surface area contributed by atoms with Gasteiger partial charge in [0.2, 0.25) is 4.77 Å². The number of alkyl halides is 2. The number of halogens is 2. The third-order valence-corrected chi connectivity index (χ3v) is 6.09. The Balaban J connectivity index is 1.59.